The highest BCUT2D eigenvalue weighted by Gasteiger charge is 2.23. The Labute approximate surface area is 143 Å². The Hall–Kier alpha value is -1.04. The summed E-state index contributed by atoms with van der Waals surface area (Å²) in [6, 6.07) is 0.429. The molecule has 2 saturated carbocycles. The van der Waals surface area contributed by atoms with Crippen molar-refractivity contribution in [2.24, 2.45) is 5.92 Å². The lowest BCUT2D eigenvalue weighted by Crippen LogP contribution is -2.27. The second-order valence-electron chi connectivity index (χ2n) is 6.82. The van der Waals surface area contributed by atoms with E-state index in [9.17, 15) is 4.79 Å². The monoisotopic (exact) mass is 336 g/mol. The van der Waals surface area contributed by atoms with E-state index in [1.165, 1.54) is 50.3 Å². The second-order valence-corrected chi connectivity index (χ2v) is 7.76. The van der Waals surface area contributed by atoms with Crippen molar-refractivity contribution in [3.63, 3.8) is 0 Å². The number of thioether (sulfide) groups is 1. The topological polar surface area (TPSA) is 59.8 Å². The number of aryl methyl sites for hydroxylation is 1. The summed E-state index contributed by atoms with van der Waals surface area (Å²) in [6.45, 7) is 3.00. The molecule has 2 aliphatic rings. The van der Waals surface area contributed by atoms with Crippen LogP contribution in [0.2, 0.25) is 0 Å². The molecule has 1 N–H and O–H groups in total. The molecular formula is C17H28N4OS. The van der Waals surface area contributed by atoms with Crippen LogP contribution in [0.25, 0.3) is 0 Å². The zero-order valence-electron chi connectivity index (χ0n) is 14.1. The number of aromatic nitrogens is 3. The molecule has 1 amide bonds. The standard InChI is InChI=1S/C17H28N4OS/c1-2-21-15(11-8-13-6-4-3-5-7-13)19-20-17(21)23-12-16(22)18-14-9-10-14/h13-14H,2-12H2,1H3,(H,18,22). The minimum atomic E-state index is 0.118. The fourth-order valence-electron chi connectivity index (χ4n) is 3.36. The number of carbonyl (C=O) groups is 1. The summed E-state index contributed by atoms with van der Waals surface area (Å²) in [6.07, 6.45) is 11.5. The van der Waals surface area contributed by atoms with Crippen molar-refractivity contribution in [1.82, 2.24) is 20.1 Å². The minimum absolute atomic E-state index is 0.118. The first kappa shape index (κ1) is 16.8. The number of hydrogen-bond donors (Lipinski definition) is 1. The van der Waals surface area contributed by atoms with Crippen molar-refractivity contribution < 1.29 is 4.79 Å². The van der Waals surface area contributed by atoms with Crippen LogP contribution in [0.1, 0.15) is 64.1 Å². The Morgan fingerprint density at radius 1 is 1.22 bits per heavy atom. The van der Waals surface area contributed by atoms with Crippen LogP contribution in [0, 0.1) is 5.92 Å². The molecule has 1 heterocycles. The molecule has 0 aromatic carbocycles. The summed E-state index contributed by atoms with van der Waals surface area (Å²) < 4.78 is 2.18. The Balaban J connectivity index is 1.50. The van der Waals surface area contributed by atoms with Gasteiger partial charge >= 0.3 is 0 Å². The highest BCUT2D eigenvalue weighted by molar-refractivity contribution is 7.99. The van der Waals surface area contributed by atoms with Gasteiger partial charge in [-0.2, -0.15) is 0 Å². The molecule has 0 unspecified atom stereocenters. The van der Waals surface area contributed by atoms with E-state index in [-0.39, 0.29) is 5.91 Å². The van der Waals surface area contributed by atoms with E-state index in [1.54, 1.807) is 0 Å². The first-order valence-corrected chi connectivity index (χ1v) is 10.1. The predicted molar refractivity (Wildman–Crippen MR) is 92.5 cm³/mol. The van der Waals surface area contributed by atoms with Gasteiger partial charge in [-0.15, -0.1) is 10.2 Å². The lowest BCUT2D eigenvalue weighted by atomic mass is 9.86. The van der Waals surface area contributed by atoms with Gasteiger partial charge in [-0.05, 0) is 32.1 Å². The summed E-state index contributed by atoms with van der Waals surface area (Å²) in [5, 5.41) is 12.6. The fraction of sp³-hybridized carbons (Fsp3) is 0.824. The molecule has 0 bridgehead atoms. The van der Waals surface area contributed by atoms with Gasteiger partial charge in [-0.25, -0.2) is 0 Å². The second kappa shape index (κ2) is 8.18. The molecule has 128 valence electrons. The van der Waals surface area contributed by atoms with Gasteiger partial charge in [0.1, 0.15) is 5.82 Å². The van der Waals surface area contributed by atoms with Crippen molar-refractivity contribution in [1.29, 1.82) is 0 Å². The predicted octanol–water partition coefficient (Wildman–Crippen LogP) is 3.18. The van der Waals surface area contributed by atoms with E-state index in [1.807, 2.05) is 0 Å². The average Bonchev–Trinajstić information content (AvgIpc) is 3.29. The Morgan fingerprint density at radius 2 is 2.00 bits per heavy atom. The first-order valence-electron chi connectivity index (χ1n) is 9.10. The van der Waals surface area contributed by atoms with E-state index in [2.05, 4.69) is 27.0 Å². The smallest absolute Gasteiger partial charge is 0.230 e. The average molecular weight is 337 g/mol. The van der Waals surface area contributed by atoms with Crippen LogP contribution in [0.5, 0.6) is 0 Å². The van der Waals surface area contributed by atoms with Gasteiger partial charge in [-0.1, -0.05) is 43.9 Å². The highest BCUT2D eigenvalue weighted by Crippen LogP contribution is 2.28. The van der Waals surface area contributed by atoms with Crippen molar-refractivity contribution in [3.05, 3.63) is 5.82 Å². The zero-order chi connectivity index (χ0) is 16.1. The highest BCUT2D eigenvalue weighted by atomic mass is 32.2. The molecule has 1 aromatic heterocycles. The quantitative estimate of drug-likeness (QED) is 0.741. The van der Waals surface area contributed by atoms with Crippen LogP contribution in [0.4, 0.5) is 0 Å². The summed E-state index contributed by atoms with van der Waals surface area (Å²) in [4.78, 5) is 11.8. The van der Waals surface area contributed by atoms with Crippen LogP contribution < -0.4 is 5.32 Å². The number of nitrogens with zero attached hydrogens (tertiary/aromatic N) is 3. The third-order valence-corrected chi connectivity index (χ3v) is 5.85. The van der Waals surface area contributed by atoms with Crippen molar-refractivity contribution >= 4 is 17.7 Å². The lowest BCUT2D eigenvalue weighted by molar-refractivity contribution is -0.118. The van der Waals surface area contributed by atoms with Crippen molar-refractivity contribution in [3.8, 4) is 0 Å². The molecule has 0 spiro atoms. The molecule has 6 heteroatoms. The van der Waals surface area contributed by atoms with Gasteiger partial charge in [0.05, 0.1) is 5.75 Å². The van der Waals surface area contributed by atoms with Crippen LogP contribution >= 0.6 is 11.8 Å². The van der Waals surface area contributed by atoms with E-state index in [0.29, 0.717) is 11.8 Å². The molecule has 1 aromatic rings. The van der Waals surface area contributed by atoms with E-state index >= 15 is 0 Å². The van der Waals surface area contributed by atoms with E-state index < -0.39 is 0 Å². The molecular weight excluding hydrogens is 308 g/mol. The fourth-order valence-corrected chi connectivity index (χ4v) is 4.20. The molecule has 23 heavy (non-hydrogen) atoms. The van der Waals surface area contributed by atoms with Crippen molar-refractivity contribution in [2.75, 3.05) is 5.75 Å². The van der Waals surface area contributed by atoms with Crippen LogP contribution in [0.15, 0.2) is 5.16 Å². The summed E-state index contributed by atoms with van der Waals surface area (Å²) in [5.41, 5.74) is 0. The summed E-state index contributed by atoms with van der Waals surface area (Å²) >= 11 is 1.51. The Bertz CT molecular complexity index is 521. The number of amides is 1. The molecule has 3 rings (SSSR count). The number of rotatable bonds is 8. The van der Waals surface area contributed by atoms with Gasteiger partial charge in [0.15, 0.2) is 5.16 Å². The normalized spacial score (nSPS) is 19.0. The third kappa shape index (κ3) is 4.96. The lowest BCUT2D eigenvalue weighted by Gasteiger charge is -2.21. The van der Waals surface area contributed by atoms with Crippen LogP contribution in [-0.4, -0.2) is 32.5 Å². The maximum Gasteiger partial charge on any atom is 0.230 e. The molecule has 2 aliphatic carbocycles. The molecule has 5 nitrogen and oxygen atoms in total. The number of nitrogens with one attached hydrogen (secondary N) is 1. The van der Waals surface area contributed by atoms with Crippen LogP contribution in [-0.2, 0) is 17.8 Å². The molecule has 0 saturated heterocycles. The summed E-state index contributed by atoms with van der Waals surface area (Å²) in [5.74, 6) is 2.51. The number of hydrogen-bond acceptors (Lipinski definition) is 4. The first-order chi connectivity index (χ1) is 11.3. The van der Waals surface area contributed by atoms with E-state index in [4.69, 9.17) is 0 Å². The molecule has 2 fully saturated rings. The number of carbonyl (C=O) groups excluding carboxylic acids is 1. The SMILES string of the molecule is CCn1c(CCC2CCCCC2)nnc1SCC(=O)NC1CC1. The largest absolute Gasteiger partial charge is 0.353 e. The third-order valence-electron chi connectivity index (χ3n) is 4.89. The van der Waals surface area contributed by atoms with Gasteiger partial charge in [0, 0.05) is 19.0 Å². The zero-order valence-corrected chi connectivity index (χ0v) is 14.9. The molecule has 0 aliphatic heterocycles. The molecule has 0 radical (unpaired) electrons. The summed E-state index contributed by atoms with van der Waals surface area (Å²) in [7, 11) is 0. The Kier molecular flexibility index (Phi) is 5.97. The van der Waals surface area contributed by atoms with Gasteiger partial charge < -0.3 is 9.88 Å². The maximum atomic E-state index is 11.8. The van der Waals surface area contributed by atoms with Gasteiger partial charge in [-0.3, -0.25) is 4.79 Å². The maximum absolute atomic E-state index is 11.8. The molecule has 0 atom stereocenters. The van der Waals surface area contributed by atoms with Gasteiger partial charge in [0.2, 0.25) is 5.91 Å². The van der Waals surface area contributed by atoms with E-state index in [0.717, 1.165) is 42.7 Å². The van der Waals surface area contributed by atoms with Crippen LogP contribution in [0.3, 0.4) is 0 Å². The van der Waals surface area contributed by atoms with Crippen molar-refractivity contribution in [2.45, 2.75) is 82.5 Å². The van der Waals surface area contributed by atoms with Gasteiger partial charge in [0.25, 0.3) is 0 Å². The minimum Gasteiger partial charge on any atom is -0.353 e. The Morgan fingerprint density at radius 3 is 2.70 bits per heavy atom.